The lowest BCUT2D eigenvalue weighted by Gasteiger charge is -2.22. The highest BCUT2D eigenvalue weighted by Crippen LogP contribution is 2.13. The maximum atomic E-state index is 12.4. The Balaban J connectivity index is 1.63. The highest BCUT2D eigenvalue weighted by molar-refractivity contribution is 5.81. The van der Waals surface area contributed by atoms with Crippen molar-refractivity contribution in [3.05, 3.63) is 60.2 Å². The number of terminal acetylenes is 1. The standard InChI is InChI=1S/C29H42N4O/c1-3-5-6-7-10-13-28(4-2)29(34)32-18-11-8-9-12-23-33(24-26-14-19-30-20-15-26)25-27-16-21-31-22-17-27/h2,14-17,19-22,28H,3,5-13,18,23-25H2,1H3,(H,32,34). The van der Waals surface area contributed by atoms with Crippen LogP contribution in [-0.2, 0) is 17.9 Å². The van der Waals surface area contributed by atoms with Crippen LogP contribution in [0.25, 0.3) is 0 Å². The van der Waals surface area contributed by atoms with Gasteiger partial charge in [-0.2, -0.15) is 0 Å². The Bertz CT molecular complexity index is 778. The minimum atomic E-state index is -0.281. The van der Waals surface area contributed by atoms with Gasteiger partial charge in [0.25, 0.3) is 0 Å². The summed E-state index contributed by atoms with van der Waals surface area (Å²) in [5.41, 5.74) is 2.56. The van der Waals surface area contributed by atoms with Crippen molar-refractivity contribution in [3.8, 4) is 12.3 Å². The molecular weight excluding hydrogens is 420 g/mol. The summed E-state index contributed by atoms with van der Waals surface area (Å²) in [7, 11) is 0. The molecule has 0 aromatic carbocycles. The maximum absolute atomic E-state index is 12.4. The van der Waals surface area contributed by atoms with Gasteiger partial charge in [0, 0.05) is 44.4 Å². The minimum absolute atomic E-state index is 0.0267. The van der Waals surface area contributed by atoms with Gasteiger partial charge in [-0.25, -0.2) is 0 Å². The summed E-state index contributed by atoms with van der Waals surface area (Å²) in [6, 6.07) is 8.32. The number of nitrogens with one attached hydrogen (secondary N) is 1. The lowest BCUT2D eigenvalue weighted by Crippen LogP contribution is -2.30. The summed E-state index contributed by atoms with van der Waals surface area (Å²) in [4.78, 5) is 23.1. The molecule has 1 N–H and O–H groups in total. The minimum Gasteiger partial charge on any atom is -0.355 e. The molecule has 0 aliphatic heterocycles. The molecule has 0 aliphatic carbocycles. The van der Waals surface area contributed by atoms with Crippen LogP contribution >= 0.6 is 0 Å². The molecular formula is C29H42N4O. The van der Waals surface area contributed by atoms with Gasteiger partial charge < -0.3 is 5.32 Å². The predicted octanol–water partition coefficient (Wildman–Crippen LogP) is 5.77. The van der Waals surface area contributed by atoms with E-state index in [-0.39, 0.29) is 11.8 Å². The lowest BCUT2D eigenvalue weighted by molar-refractivity contribution is -0.123. The number of carbonyl (C=O) groups is 1. The van der Waals surface area contributed by atoms with Crippen molar-refractivity contribution in [3.63, 3.8) is 0 Å². The highest BCUT2D eigenvalue weighted by atomic mass is 16.1. The first-order valence-corrected chi connectivity index (χ1v) is 13.0. The number of nitrogens with zero attached hydrogens (tertiary/aromatic N) is 3. The van der Waals surface area contributed by atoms with E-state index in [4.69, 9.17) is 6.42 Å². The molecule has 2 aromatic rings. The summed E-state index contributed by atoms with van der Waals surface area (Å²) >= 11 is 0. The summed E-state index contributed by atoms with van der Waals surface area (Å²) in [6.07, 6.45) is 24.1. The molecule has 2 heterocycles. The number of carbonyl (C=O) groups excluding carboxylic acids is 1. The Morgan fingerprint density at radius 2 is 1.44 bits per heavy atom. The van der Waals surface area contributed by atoms with Gasteiger partial charge in [0.2, 0.25) is 5.91 Å². The second-order valence-corrected chi connectivity index (χ2v) is 9.05. The third kappa shape index (κ3) is 12.0. The van der Waals surface area contributed by atoms with Crippen LogP contribution < -0.4 is 5.32 Å². The molecule has 0 aliphatic rings. The van der Waals surface area contributed by atoms with Crippen LogP contribution in [0.4, 0.5) is 0 Å². The van der Waals surface area contributed by atoms with Crippen LogP contribution in [0.15, 0.2) is 49.1 Å². The first kappa shape index (κ1) is 27.5. The first-order chi connectivity index (χ1) is 16.7. The Morgan fingerprint density at radius 1 is 0.882 bits per heavy atom. The molecule has 1 amide bonds. The number of pyridine rings is 2. The second-order valence-electron chi connectivity index (χ2n) is 9.05. The largest absolute Gasteiger partial charge is 0.355 e. The fourth-order valence-electron chi connectivity index (χ4n) is 4.10. The van der Waals surface area contributed by atoms with Crippen LogP contribution in [0.1, 0.15) is 82.3 Å². The van der Waals surface area contributed by atoms with Crippen molar-refractivity contribution in [2.24, 2.45) is 5.92 Å². The molecule has 2 rings (SSSR count). The summed E-state index contributed by atoms with van der Waals surface area (Å²) in [5.74, 6) is 2.43. The molecule has 2 aromatic heterocycles. The smallest absolute Gasteiger partial charge is 0.235 e. The fourth-order valence-corrected chi connectivity index (χ4v) is 4.10. The number of aromatic nitrogens is 2. The molecule has 0 radical (unpaired) electrons. The van der Waals surface area contributed by atoms with Crippen LogP contribution in [0.3, 0.4) is 0 Å². The molecule has 1 atom stereocenters. The number of hydrogen-bond donors (Lipinski definition) is 1. The average molecular weight is 463 g/mol. The van der Waals surface area contributed by atoms with Crippen molar-refractivity contribution < 1.29 is 4.79 Å². The van der Waals surface area contributed by atoms with E-state index in [9.17, 15) is 4.79 Å². The van der Waals surface area contributed by atoms with E-state index in [2.05, 4.69) is 57.3 Å². The van der Waals surface area contributed by atoms with E-state index in [1.807, 2.05) is 24.8 Å². The fraction of sp³-hybridized carbons (Fsp3) is 0.552. The van der Waals surface area contributed by atoms with E-state index in [1.165, 1.54) is 36.8 Å². The van der Waals surface area contributed by atoms with Crippen molar-refractivity contribution >= 4 is 5.91 Å². The van der Waals surface area contributed by atoms with Crippen LogP contribution in [0, 0.1) is 18.3 Å². The Labute approximate surface area is 206 Å². The summed E-state index contributed by atoms with van der Waals surface area (Å²) in [5, 5.41) is 3.05. The molecule has 1 unspecified atom stereocenters. The SMILES string of the molecule is C#CC(CCCCCCC)C(=O)NCCCCCCN(Cc1ccncc1)Cc1ccncc1. The van der Waals surface area contributed by atoms with Gasteiger partial charge >= 0.3 is 0 Å². The first-order valence-electron chi connectivity index (χ1n) is 13.0. The number of amides is 1. The van der Waals surface area contributed by atoms with Gasteiger partial charge in [0.05, 0.1) is 5.92 Å². The zero-order valence-corrected chi connectivity index (χ0v) is 20.9. The monoisotopic (exact) mass is 462 g/mol. The van der Waals surface area contributed by atoms with Crippen molar-refractivity contribution in [1.82, 2.24) is 20.2 Å². The van der Waals surface area contributed by atoms with Gasteiger partial charge in [-0.1, -0.05) is 57.8 Å². The number of hydrogen-bond acceptors (Lipinski definition) is 4. The van der Waals surface area contributed by atoms with Crippen LogP contribution in [-0.4, -0.2) is 33.9 Å². The Morgan fingerprint density at radius 3 is 2.03 bits per heavy atom. The molecule has 5 heteroatoms. The predicted molar refractivity (Wildman–Crippen MR) is 140 cm³/mol. The molecule has 0 fully saturated rings. The van der Waals surface area contributed by atoms with Gasteiger partial charge in [-0.3, -0.25) is 19.7 Å². The molecule has 5 nitrogen and oxygen atoms in total. The zero-order valence-electron chi connectivity index (χ0n) is 20.9. The third-order valence-corrected chi connectivity index (χ3v) is 6.13. The van der Waals surface area contributed by atoms with Gasteiger partial charge in [0.1, 0.15) is 0 Å². The molecule has 0 bridgehead atoms. The zero-order chi connectivity index (χ0) is 24.3. The lowest BCUT2D eigenvalue weighted by atomic mass is 10.0. The quantitative estimate of drug-likeness (QED) is 0.226. The van der Waals surface area contributed by atoms with Gasteiger partial charge in [-0.15, -0.1) is 6.42 Å². The third-order valence-electron chi connectivity index (χ3n) is 6.13. The Kier molecular flexibility index (Phi) is 14.4. The van der Waals surface area contributed by atoms with Crippen molar-refractivity contribution in [2.45, 2.75) is 84.2 Å². The van der Waals surface area contributed by atoms with Crippen LogP contribution in [0.2, 0.25) is 0 Å². The number of rotatable bonds is 18. The van der Waals surface area contributed by atoms with Gasteiger partial charge in [-0.05, 0) is 61.2 Å². The normalized spacial score (nSPS) is 11.8. The van der Waals surface area contributed by atoms with E-state index in [0.29, 0.717) is 6.54 Å². The van der Waals surface area contributed by atoms with E-state index in [1.54, 1.807) is 0 Å². The second kappa shape index (κ2) is 17.7. The summed E-state index contributed by atoms with van der Waals surface area (Å²) < 4.78 is 0. The van der Waals surface area contributed by atoms with Crippen LogP contribution in [0.5, 0.6) is 0 Å². The molecule has 0 saturated carbocycles. The van der Waals surface area contributed by atoms with E-state index < -0.39 is 0 Å². The van der Waals surface area contributed by atoms with E-state index in [0.717, 1.165) is 58.2 Å². The van der Waals surface area contributed by atoms with Gasteiger partial charge in [0.15, 0.2) is 0 Å². The maximum Gasteiger partial charge on any atom is 0.235 e. The highest BCUT2D eigenvalue weighted by Gasteiger charge is 2.14. The van der Waals surface area contributed by atoms with Crippen molar-refractivity contribution in [1.29, 1.82) is 0 Å². The average Bonchev–Trinajstić information content (AvgIpc) is 2.86. The topological polar surface area (TPSA) is 58.1 Å². The molecule has 0 spiro atoms. The molecule has 34 heavy (non-hydrogen) atoms. The Hall–Kier alpha value is -2.71. The van der Waals surface area contributed by atoms with E-state index >= 15 is 0 Å². The molecule has 0 saturated heterocycles. The molecule has 184 valence electrons. The summed E-state index contributed by atoms with van der Waals surface area (Å²) in [6.45, 7) is 5.78. The van der Waals surface area contributed by atoms with Crippen molar-refractivity contribution in [2.75, 3.05) is 13.1 Å². The number of unbranched alkanes of at least 4 members (excludes halogenated alkanes) is 7.